The number of unbranched alkanes of at least 4 members (excludes halogenated alkanes) is 1. The van der Waals surface area contributed by atoms with Crippen molar-refractivity contribution in [3.8, 4) is 0 Å². The van der Waals surface area contributed by atoms with Gasteiger partial charge in [0.05, 0.1) is 11.4 Å². The second kappa shape index (κ2) is 20.0. The second-order valence-electron chi connectivity index (χ2n) is 15.4. The van der Waals surface area contributed by atoms with Crippen molar-refractivity contribution in [2.75, 3.05) is 35.6 Å². The summed E-state index contributed by atoms with van der Waals surface area (Å²) in [7, 11) is 0. The molecular weight excluding hydrogens is 709 g/mol. The van der Waals surface area contributed by atoms with Crippen LogP contribution in [0.25, 0.3) is 11.6 Å². The number of nitrogens with zero attached hydrogens (tertiary/aromatic N) is 4. The number of nitrogens with one attached hydrogen (secondary N) is 3. The minimum atomic E-state index is -0.591. The number of benzene rings is 2. The van der Waals surface area contributed by atoms with Crippen molar-refractivity contribution in [3.63, 3.8) is 0 Å². The Labute approximate surface area is 329 Å². The van der Waals surface area contributed by atoms with E-state index in [0.29, 0.717) is 73.5 Å². The Morgan fingerprint density at radius 2 is 1.29 bits per heavy atom. The molecule has 3 rings (SSSR count). The number of guanidine groups is 2. The number of rotatable bonds is 17. The largest absolute Gasteiger partial charge is 0.370 e. The van der Waals surface area contributed by atoms with Crippen molar-refractivity contribution in [2.24, 2.45) is 38.7 Å². The van der Waals surface area contributed by atoms with Gasteiger partial charge in [0, 0.05) is 42.4 Å². The summed E-state index contributed by atoms with van der Waals surface area (Å²) in [6.07, 6.45) is 7.39. The molecule has 0 unspecified atom stereocenters. The van der Waals surface area contributed by atoms with Gasteiger partial charge < -0.3 is 44.6 Å². The average molecular weight is 767 g/mol. The lowest BCUT2D eigenvalue weighted by Crippen LogP contribution is -2.23. The zero-order chi connectivity index (χ0) is 41.6. The lowest BCUT2D eigenvalue weighted by atomic mass is 9.85. The SMILES string of the molecule is C=C(CCN=C(N)N)c1ccc(C(C)(C)C)cc1NC(=O)c1cc(C(=O)Nc2cc(C(C)(C)C)cc(NC(=O)CCCCN)c2/C=C/CCN=C(N)N)ncn1. The van der Waals surface area contributed by atoms with Crippen LogP contribution in [0, 0.1) is 0 Å². The highest BCUT2D eigenvalue weighted by atomic mass is 16.2. The Balaban J connectivity index is 2.01. The van der Waals surface area contributed by atoms with Crippen molar-refractivity contribution >= 4 is 58.4 Å². The lowest BCUT2D eigenvalue weighted by Gasteiger charge is -2.24. The lowest BCUT2D eigenvalue weighted by molar-refractivity contribution is -0.116. The highest BCUT2D eigenvalue weighted by molar-refractivity contribution is 6.09. The molecule has 0 aliphatic heterocycles. The molecule has 1 aromatic heterocycles. The van der Waals surface area contributed by atoms with E-state index in [1.165, 1.54) is 6.07 Å². The Morgan fingerprint density at radius 3 is 1.86 bits per heavy atom. The van der Waals surface area contributed by atoms with Crippen LogP contribution in [0.3, 0.4) is 0 Å². The minimum Gasteiger partial charge on any atom is -0.370 e. The van der Waals surface area contributed by atoms with Gasteiger partial charge in [-0.2, -0.15) is 0 Å². The van der Waals surface area contributed by atoms with Gasteiger partial charge in [-0.1, -0.05) is 72.4 Å². The molecule has 300 valence electrons. The number of carbonyl (C=O) groups is 3. The third kappa shape index (κ3) is 13.6. The summed E-state index contributed by atoms with van der Waals surface area (Å²) >= 11 is 0. The van der Waals surface area contributed by atoms with E-state index in [1.54, 1.807) is 6.08 Å². The van der Waals surface area contributed by atoms with E-state index in [0.717, 1.165) is 23.0 Å². The van der Waals surface area contributed by atoms with Crippen LogP contribution < -0.4 is 44.6 Å². The van der Waals surface area contributed by atoms with Crippen molar-refractivity contribution in [3.05, 3.63) is 89.0 Å². The van der Waals surface area contributed by atoms with Crippen LogP contribution in [0.4, 0.5) is 17.1 Å². The van der Waals surface area contributed by atoms with Crippen molar-refractivity contribution in [1.29, 1.82) is 0 Å². The van der Waals surface area contributed by atoms with Gasteiger partial charge in [0.2, 0.25) is 5.91 Å². The molecule has 0 fully saturated rings. The first kappa shape index (κ1) is 44.3. The number of amides is 3. The normalized spacial score (nSPS) is 11.5. The number of nitrogens with two attached hydrogens (primary N) is 5. The summed E-state index contributed by atoms with van der Waals surface area (Å²) in [5.74, 6) is -1.37. The van der Waals surface area contributed by atoms with Crippen LogP contribution in [0.1, 0.15) is 117 Å². The molecule has 0 aliphatic rings. The Morgan fingerprint density at radius 1 is 0.732 bits per heavy atom. The number of aliphatic imine (C=N–C) groups is 2. The first-order valence-corrected chi connectivity index (χ1v) is 18.5. The van der Waals surface area contributed by atoms with E-state index in [9.17, 15) is 14.4 Å². The van der Waals surface area contributed by atoms with E-state index < -0.39 is 11.8 Å². The maximum absolute atomic E-state index is 13.9. The van der Waals surface area contributed by atoms with Crippen LogP contribution in [0.2, 0.25) is 0 Å². The van der Waals surface area contributed by atoms with Crippen molar-refractivity contribution in [1.82, 2.24) is 9.97 Å². The zero-order valence-corrected chi connectivity index (χ0v) is 33.5. The maximum Gasteiger partial charge on any atom is 0.274 e. The summed E-state index contributed by atoms with van der Waals surface area (Å²) in [6.45, 7) is 17.7. The maximum atomic E-state index is 13.9. The summed E-state index contributed by atoms with van der Waals surface area (Å²) in [6, 6.07) is 10.9. The van der Waals surface area contributed by atoms with Gasteiger partial charge in [-0.3, -0.25) is 24.4 Å². The van der Waals surface area contributed by atoms with Gasteiger partial charge >= 0.3 is 0 Å². The number of anilines is 3. The highest BCUT2D eigenvalue weighted by Crippen LogP contribution is 2.35. The molecule has 56 heavy (non-hydrogen) atoms. The van der Waals surface area contributed by atoms with E-state index in [1.807, 2.05) is 57.2 Å². The Bertz CT molecular complexity index is 1980. The molecule has 15 nitrogen and oxygen atoms in total. The van der Waals surface area contributed by atoms with Crippen LogP contribution in [0.5, 0.6) is 0 Å². The van der Waals surface area contributed by atoms with Crippen LogP contribution >= 0.6 is 0 Å². The molecule has 0 spiro atoms. The third-order valence-corrected chi connectivity index (χ3v) is 8.66. The fourth-order valence-corrected chi connectivity index (χ4v) is 5.44. The van der Waals surface area contributed by atoms with E-state index >= 15 is 0 Å². The molecule has 3 amide bonds. The molecule has 15 heteroatoms. The molecule has 0 aliphatic carbocycles. The second-order valence-corrected chi connectivity index (χ2v) is 15.4. The fraction of sp³-hybridized carbons (Fsp3) is 0.390. The number of hydrogen-bond acceptors (Lipinski definition) is 8. The smallest absolute Gasteiger partial charge is 0.274 e. The van der Waals surface area contributed by atoms with Gasteiger partial charge in [-0.15, -0.1) is 0 Å². The molecule has 0 saturated heterocycles. The van der Waals surface area contributed by atoms with E-state index in [2.05, 4.69) is 63.3 Å². The topological polar surface area (TPSA) is 268 Å². The molecule has 0 atom stereocenters. The highest BCUT2D eigenvalue weighted by Gasteiger charge is 2.23. The summed E-state index contributed by atoms with van der Waals surface area (Å²) in [5, 5.41) is 8.96. The summed E-state index contributed by atoms with van der Waals surface area (Å²) in [4.78, 5) is 57.2. The predicted molar refractivity (Wildman–Crippen MR) is 228 cm³/mol. The van der Waals surface area contributed by atoms with Crippen molar-refractivity contribution in [2.45, 2.75) is 84.5 Å². The first-order chi connectivity index (χ1) is 26.3. The van der Waals surface area contributed by atoms with Gasteiger partial charge in [0.15, 0.2) is 11.9 Å². The number of hydrogen-bond donors (Lipinski definition) is 8. The zero-order valence-electron chi connectivity index (χ0n) is 33.5. The predicted octanol–water partition coefficient (Wildman–Crippen LogP) is 5.00. The average Bonchev–Trinajstić information content (AvgIpc) is 3.11. The van der Waals surface area contributed by atoms with Crippen molar-refractivity contribution < 1.29 is 14.4 Å². The molecule has 0 bridgehead atoms. The standard InChI is InChI=1S/C41H58N12O3/c1-25(16-19-48-39(45)46)28-15-14-26(40(2,3)4)20-30(28)52-36(55)33-23-34(50-24-49-33)37(56)53-32-22-27(41(5,6)7)21-31(51-35(54)13-8-10-17-42)29(32)12-9-11-18-47-38(43)44/h9,12,14-15,20-24H,1,8,10-11,13,16-19,42H2,2-7H3,(H,51,54)(H,52,55)(H,53,56)(H4,43,44,47)(H4,45,46,48)/b12-9+. The molecule has 13 N–H and O–H groups in total. The van der Waals surface area contributed by atoms with Crippen LogP contribution in [-0.2, 0) is 15.6 Å². The number of aromatic nitrogens is 2. The molecule has 2 aromatic carbocycles. The summed E-state index contributed by atoms with van der Waals surface area (Å²) in [5.41, 5.74) is 32.3. The number of carbonyl (C=O) groups excluding carboxylic acids is 3. The molecule has 0 saturated carbocycles. The molecular formula is C41H58N12O3. The van der Waals surface area contributed by atoms with Crippen LogP contribution in [-0.4, -0.2) is 59.2 Å². The molecule has 1 heterocycles. The van der Waals surface area contributed by atoms with Gasteiger partial charge in [-0.05, 0) is 78.0 Å². The summed E-state index contributed by atoms with van der Waals surface area (Å²) < 4.78 is 0. The van der Waals surface area contributed by atoms with E-state index in [4.69, 9.17) is 28.7 Å². The van der Waals surface area contributed by atoms with E-state index in [-0.39, 0.29) is 46.5 Å². The van der Waals surface area contributed by atoms with Crippen LogP contribution in [0.15, 0.2) is 65.4 Å². The fourth-order valence-electron chi connectivity index (χ4n) is 5.44. The quantitative estimate of drug-likeness (QED) is 0.0518. The Hall–Kier alpha value is -6.09. The van der Waals surface area contributed by atoms with Gasteiger partial charge in [-0.25, -0.2) is 9.97 Å². The molecule has 3 aromatic rings. The minimum absolute atomic E-state index is 0.0200. The van der Waals surface area contributed by atoms with Gasteiger partial charge in [0.1, 0.15) is 17.7 Å². The third-order valence-electron chi connectivity index (χ3n) is 8.66. The monoisotopic (exact) mass is 766 g/mol. The first-order valence-electron chi connectivity index (χ1n) is 18.5. The van der Waals surface area contributed by atoms with Gasteiger partial charge in [0.25, 0.3) is 11.8 Å². The molecule has 0 radical (unpaired) electrons. The Kier molecular flexibility index (Phi) is 15.8.